The Morgan fingerprint density at radius 3 is 2.19 bits per heavy atom. The molecule has 0 saturated carbocycles. The van der Waals surface area contributed by atoms with E-state index in [0.29, 0.717) is 24.4 Å². The van der Waals surface area contributed by atoms with Gasteiger partial charge in [-0.15, -0.1) is 0 Å². The van der Waals surface area contributed by atoms with Crippen LogP contribution >= 0.6 is 0 Å². The lowest BCUT2D eigenvalue weighted by Crippen LogP contribution is -2.30. The van der Waals surface area contributed by atoms with Crippen molar-refractivity contribution in [2.45, 2.75) is 19.5 Å². The Morgan fingerprint density at radius 2 is 1.50 bits per heavy atom. The number of ether oxygens (including phenoxy) is 1. The van der Waals surface area contributed by atoms with E-state index >= 15 is 0 Å². The number of anilines is 1. The molecule has 4 aromatic rings. The third-order valence-electron chi connectivity index (χ3n) is 5.76. The minimum atomic E-state index is -0.309. The maximum atomic E-state index is 13.5. The highest BCUT2D eigenvalue weighted by Gasteiger charge is 2.19. The van der Waals surface area contributed by atoms with Gasteiger partial charge in [0.15, 0.2) is 0 Å². The summed E-state index contributed by atoms with van der Waals surface area (Å²) in [5.41, 5.74) is 3.89. The van der Waals surface area contributed by atoms with Gasteiger partial charge in [0.05, 0.1) is 20.1 Å². The van der Waals surface area contributed by atoms with E-state index in [1.165, 1.54) is 12.1 Å². The maximum Gasteiger partial charge on any atom is 0.258 e. The molecule has 4 rings (SSSR count). The molecule has 2 amide bonds. The molecule has 182 valence electrons. The van der Waals surface area contributed by atoms with Gasteiger partial charge in [-0.05, 0) is 59.2 Å². The van der Waals surface area contributed by atoms with Crippen molar-refractivity contribution in [3.8, 4) is 5.75 Å². The Balaban J connectivity index is 1.48. The number of benzene rings is 4. The van der Waals surface area contributed by atoms with E-state index < -0.39 is 0 Å². The first kappa shape index (κ1) is 24.7. The second kappa shape index (κ2) is 11.8. The standard InChI is InChI=1S/C30H27FN2O3/c1-36-28-9-5-8-25(19-28)30(35)33(21-24-6-3-2-4-7-24)27-16-12-22(13-17-27)18-29(34)32-20-23-10-14-26(31)15-11-23/h2-17,19H,18,20-21H2,1H3,(H,32,34). The molecule has 0 aliphatic heterocycles. The molecule has 0 bridgehead atoms. The summed E-state index contributed by atoms with van der Waals surface area (Å²) in [5.74, 6) is 0.0158. The molecule has 0 fully saturated rings. The first-order chi connectivity index (χ1) is 17.5. The Morgan fingerprint density at radius 1 is 0.806 bits per heavy atom. The van der Waals surface area contributed by atoms with Crippen molar-refractivity contribution in [3.05, 3.63) is 131 Å². The third-order valence-corrected chi connectivity index (χ3v) is 5.76. The highest BCUT2D eigenvalue weighted by Crippen LogP contribution is 2.23. The molecular formula is C30H27FN2O3. The van der Waals surface area contributed by atoms with Crippen LogP contribution in [0.1, 0.15) is 27.0 Å². The van der Waals surface area contributed by atoms with Crippen molar-refractivity contribution < 1.29 is 18.7 Å². The minimum Gasteiger partial charge on any atom is -0.497 e. The Hall–Kier alpha value is -4.45. The number of carbonyl (C=O) groups excluding carboxylic acids is 2. The fraction of sp³-hybridized carbons (Fsp3) is 0.133. The van der Waals surface area contributed by atoms with Crippen molar-refractivity contribution in [1.29, 1.82) is 0 Å². The van der Waals surface area contributed by atoms with Crippen molar-refractivity contribution >= 4 is 17.5 Å². The molecule has 0 aliphatic rings. The molecule has 0 saturated heterocycles. The molecule has 5 nitrogen and oxygen atoms in total. The van der Waals surface area contributed by atoms with Crippen LogP contribution in [0.15, 0.2) is 103 Å². The average Bonchev–Trinajstić information content (AvgIpc) is 2.92. The number of rotatable bonds is 9. The molecule has 0 aromatic heterocycles. The van der Waals surface area contributed by atoms with Crippen molar-refractivity contribution in [2.75, 3.05) is 12.0 Å². The average molecular weight is 483 g/mol. The van der Waals surface area contributed by atoms with Crippen LogP contribution in [-0.2, 0) is 24.3 Å². The predicted octanol–water partition coefficient (Wildman–Crippen LogP) is 5.54. The van der Waals surface area contributed by atoms with Gasteiger partial charge in [-0.1, -0.05) is 60.7 Å². The first-order valence-electron chi connectivity index (χ1n) is 11.6. The van der Waals surface area contributed by atoms with Gasteiger partial charge >= 0.3 is 0 Å². The number of halogens is 1. The van der Waals surface area contributed by atoms with E-state index in [1.807, 2.05) is 54.6 Å². The van der Waals surface area contributed by atoms with Crippen LogP contribution in [0.4, 0.5) is 10.1 Å². The molecule has 4 aromatic carbocycles. The van der Waals surface area contributed by atoms with Gasteiger partial charge in [0, 0.05) is 17.8 Å². The number of nitrogens with zero attached hydrogens (tertiary/aromatic N) is 1. The van der Waals surface area contributed by atoms with Crippen LogP contribution in [0.5, 0.6) is 5.75 Å². The Labute approximate surface area is 210 Å². The molecule has 1 N–H and O–H groups in total. The smallest absolute Gasteiger partial charge is 0.258 e. The molecule has 6 heteroatoms. The second-order valence-electron chi connectivity index (χ2n) is 8.36. The predicted molar refractivity (Wildman–Crippen MR) is 138 cm³/mol. The highest BCUT2D eigenvalue weighted by atomic mass is 19.1. The van der Waals surface area contributed by atoms with E-state index in [1.54, 1.807) is 48.4 Å². The number of hydrogen-bond donors (Lipinski definition) is 1. The lowest BCUT2D eigenvalue weighted by atomic mass is 10.1. The first-order valence-corrected chi connectivity index (χ1v) is 11.6. The van der Waals surface area contributed by atoms with Gasteiger partial charge in [-0.2, -0.15) is 0 Å². The summed E-state index contributed by atoms with van der Waals surface area (Å²) in [6.07, 6.45) is 0.198. The van der Waals surface area contributed by atoms with Crippen molar-refractivity contribution in [1.82, 2.24) is 5.32 Å². The molecule has 0 atom stereocenters. The summed E-state index contributed by atoms with van der Waals surface area (Å²) in [6, 6.07) is 30.3. The number of carbonyl (C=O) groups is 2. The fourth-order valence-electron chi connectivity index (χ4n) is 3.80. The molecule has 36 heavy (non-hydrogen) atoms. The van der Waals surface area contributed by atoms with Gasteiger partial charge in [-0.3, -0.25) is 9.59 Å². The van der Waals surface area contributed by atoms with Gasteiger partial charge in [0.2, 0.25) is 5.91 Å². The highest BCUT2D eigenvalue weighted by molar-refractivity contribution is 6.06. The van der Waals surface area contributed by atoms with Crippen molar-refractivity contribution in [2.24, 2.45) is 0 Å². The summed E-state index contributed by atoms with van der Waals surface area (Å²) in [6.45, 7) is 0.728. The summed E-state index contributed by atoms with van der Waals surface area (Å²) in [5, 5.41) is 2.85. The molecule has 0 spiro atoms. The van der Waals surface area contributed by atoms with Crippen LogP contribution in [0.2, 0.25) is 0 Å². The summed E-state index contributed by atoms with van der Waals surface area (Å²) >= 11 is 0. The van der Waals surface area contributed by atoms with E-state index in [9.17, 15) is 14.0 Å². The topological polar surface area (TPSA) is 58.6 Å². The Bertz CT molecular complexity index is 1310. The summed E-state index contributed by atoms with van der Waals surface area (Å²) in [7, 11) is 1.57. The zero-order valence-electron chi connectivity index (χ0n) is 20.0. The van der Waals surface area contributed by atoms with Crippen LogP contribution in [0, 0.1) is 5.82 Å². The summed E-state index contributed by atoms with van der Waals surface area (Å²) < 4.78 is 18.3. The van der Waals surface area contributed by atoms with E-state index in [0.717, 1.165) is 22.4 Å². The maximum absolute atomic E-state index is 13.5. The van der Waals surface area contributed by atoms with Crippen LogP contribution in [0.25, 0.3) is 0 Å². The van der Waals surface area contributed by atoms with Crippen LogP contribution in [-0.4, -0.2) is 18.9 Å². The number of methoxy groups -OCH3 is 1. The number of amides is 2. The zero-order chi connectivity index (χ0) is 25.3. The quantitative estimate of drug-likeness (QED) is 0.341. The van der Waals surface area contributed by atoms with E-state index in [-0.39, 0.29) is 24.1 Å². The molecular weight excluding hydrogens is 455 g/mol. The van der Waals surface area contributed by atoms with E-state index in [2.05, 4.69) is 5.32 Å². The monoisotopic (exact) mass is 482 g/mol. The van der Waals surface area contributed by atoms with Gasteiger partial charge in [-0.25, -0.2) is 4.39 Å². The molecule has 0 heterocycles. The van der Waals surface area contributed by atoms with Crippen LogP contribution in [0.3, 0.4) is 0 Å². The summed E-state index contributed by atoms with van der Waals surface area (Å²) in [4.78, 5) is 27.6. The number of nitrogens with one attached hydrogen (secondary N) is 1. The number of hydrogen-bond acceptors (Lipinski definition) is 3. The van der Waals surface area contributed by atoms with Crippen molar-refractivity contribution in [3.63, 3.8) is 0 Å². The molecule has 0 unspecified atom stereocenters. The SMILES string of the molecule is COc1cccc(C(=O)N(Cc2ccccc2)c2ccc(CC(=O)NCc3ccc(F)cc3)cc2)c1. The zero-order valence-corrected chi connectivity index (χ0v) is 20.0. The molecule has 0 radical (unpaired) electrons. The van der Waals surface area contributed by atoms with Crippen LogP contribution < -0.4 is 15.0 Å². The van der Waals surface area contributed by atoms with Gasteiger partial charge < -0.3 is 15.0 Å². The largest absolute Gasteiger partial charge is 0.497 e. The minimum absolute atomic E-state index is 0.138. The third kappa shape index (κ3) is 6.57. The fourth-order valence-corrected chi connectivity index (χ4v) is 3.80. The normalized spacial score (nSPS) is 10.5. The van der Waals surface area contributed by atoms with Gasteiger partial charge in [0.1, 0.15) is 11.6 Å². The molecule has 0 aliphatic carbocycles. The lowest BCUT2D eigenvalue weighted by Gasteiger charge is -2.24. The Kier molecular flexibility index (Phi) is 8.08. The van der Waals surface area contributed by atoms with Gasteiger partial charge in [0.25, 0.3) is 5.91 Å². The lowest BCUT2D eigenvalue weighted by molar-refractivity contribution is -0.120. The van der Waals surface area contributed by atoms with E-state index in [4.69, 9.17) is 4.74 Å². The second-order valence-corrected chi connectivity index (χ2v) is 8.36.